The van der Waals surface area contributed by atoms with E-state index in [1.165, 1.54) is 4.88 Å². The first kappa shape index (κ1) is 28.1. The maximum absolute atomic E-state index is 9.13. The van der Waals surface area contributed by atoms with Crippen molar-refractivity contribution in [1.29, 1.82) is 5.26 Å². The number of halogens is 2. The maximum Gasteiger partial charge on any atom is 0.140 e. The molecule has 0 saturated heterocycles. The van der Waals surface area contributed by atoms with E-state index >= 15 is 0 Å². The molecule has 0 unspecified atom stereocenters. The van der Waals surface area contributed by atoms with Crippen LogP contribution in [0.5, 0.6) is 11.5 Å². The number of nitriles is 1. The molecule has 0 N–H and O–H groups in total. The summed E-state index contributed by atoms with van der Waals surface area (Å²) in [4.78, 5) is 5.66. The van der Waals surface area contributed by atoms with Crippen molar-refractivity contribution in [2.45, 2.75) is 40.2 Å². The summed E-state index contributed by atoms with van der Waals surface area (Å²) in [5.41, 5.74) is 1.60. The SMILES string of the molecule is C#C.C=CC.Cc1nc(COc2cc(Cl)cc(O/C3=C/C/C(C#N)=C\C(Cl)=CC3)c2)sc1C. The molecule has 1 aromatic heterocycles. The summed E-state index contributed by atoms with van der Waals surface area (Å²) in [6.07, 6.45) is 16.1. The van der Waals surface area contributed by atoms with E-state index in [0.29, 0.717) is 52.3 Å². The van der Waals surface area contributed by atoms with Crippen LogP contribution in [0.25, 0.3) is 0 Å². The number of ether oxygens (including phenoxy) is 2. The number of allylic oxidation sites excluding steroid dienone is 6. The van der Waals surface area contributed by atoms with Crippen molar-refractivity contribution in [1.82, 2.24) is 4.98 Å². The molecule has 0 aliphatic heterocycles. The van der Waals surface area contributed by atoms with Crippen LogP contribution in [0, 0.1) is 38.0 Å². The summed E-state index contributed by atoms with van der Waals surface area (Å²) in [5.74, 6) is 1.86. The first-order valence-electron chi connectivity index (χ1n) is 9.94. The number of terminal acetylenes is 1. The lowest BCUT2D eigenvalue weighted by Crippen LogP contribution is -1.99. The predicted molar refractivity (Wildman–Crippen MR) is 139 cm³/mol. The molecule has 0 radical (unpaired) electrons. The van der Waals surface area contributed by atoms with Crippen LogP contribution in [-0.4, -0.2) is 4.98 Å². The molecule has 1 aliphatic carbocycles. The van der Waals surface area contributed by atoms with Crippen LogP contribution in [0.3, 0.4) is 0 Å². The Labute approximate surface area is 210 Å². The Morgan fingerprint density at radius 3 is 2.45 bits per heavy atom. The van der Waals surface area contributed by atoms with Crippen molar-refractivity contribution in [3.05, 3.63) is 86.0 Å². The van der Waals surface area contributed by atoms with Gasteiger partial charge in [-0.15, -0.1) is 30.8 Å². The summed E-state index contributed by atoms with van der Waals surface area (Å²) >= 11 is 13.9. The number of aromatic nitrogens is 1. The summed E-state index contributed by atoms with van der Waals surface area (Å²) in [6, 6.07) is 7.37. The van der Waals surface area contributed by atoms with E-state index in [1.54, 1.807) is 47.8 Å². The molecule has 0 spiro atoms. The Hall–Kier alpha value is -2.96. The molecule has 172 valence electrons. The van der Waals surface area contributed by atoms with Gasteiger partial charge in [0.05, 0.1) is 11.8 Å². The van der Waals surface area contributed by atoms with Gasteiger partial charge in [-0.25, -0.2) is 4.98 Å². The van der Waals surface area contributed by atoms with Crippen molar-refractivity contribution in [3.8, 4) is 30.4 Å². The Morgan fingerprint density at radius 2 is 1.85 bits per heavy atom. The molecular formula is C26H26Cl2N2O2S. The second-order valence-electron chi connectivity index (χ2n) is 6.62. The minimum Gasteiger partial charge on any atom is -0.486 e. The van der Waals surface area contributed by atoms with Crippen LogP contribution in [0.1, 0.15) is 35.3 Å². The fraction of sp³-hybridized carbons (Fsp3) is 0.231. The van der Waals surface area contributed by atoms with Gasteiger partial charge in [0.2, 0.25) is 0 Å². The lowest BCUT2D eigenvalue weighted by molar-refractivity contribution is 0.303. The van der Waals surface area contributed by atoms with Crippen molar-refractivity contribution in [3.63, 3.8) is 0 Å². The highest BCUT2D eigenvalue weighted by molar-refractivity contribution is 7.11. The van der Waals surface area contributed by atoms with E-state index in [-0.39, 0.29) is 0 Å². The van der Waals surface area contributed by atoms with Crippen LogP contribution in [0.15, 0.2) is 65.4 Å². The van der Waals surface area contributed by atoms with Gasteiger partial charge < -0.3 is 9.47 Å². The van der Waals surface area contributed by atoms with Crippen molar-refractivity contribution >= 4 is 34.5 Å². The highest BCUT2D eigenvalue weighted by Crippen LogP contribution is 2.30. The van der Waals surface area contributed by atoms with Crippen molar-refractivity contribution < 1.29 is 9.47 Å². The second kappa shape index (κ2) is 15.0. The lowest BCUT2D eigenvalue weighted by atomic mass is 10.1. The third-order valence-electron chi connectivity index (χ3n) is 4.03. The second-order valence-corrected chi connectivity index (χ2v) is 8.78. The molecule has 0 amide bonds. The average molecular weight is 501 g/mol. The number of nitrogens with zero attached hydrogens (tertiary/aromatic N) is 2. The first-order chi connectivity index (χ1) is 15.8. The van der Waals surface area contributed by atoms with E-state index in [1.807, 2.05) is 26.8 Å². The molecule has 4 nitrogen and oxygen atoms in total. The van der Waals surface area contributed by atoms with Crippen molar-refractivity contribution in [2.24, 2.45) is 0 Å². The van der Waals surface area contributed by atoms with Crippen LogP contribution >= 0.6 is 34.5 Å². The van der Waals surface area contributed by atoms with E-state index in [2.05, 4.69) is 30.5 Å². The zero-order chi connectivity index (χ0) is 24.8. The topological polar surface area (TPSA) is 55.1 Å². The number of aryl methyl sites for hydroxylation is 2. The predicted octanol–water partition coefficient (Wildman–Crippen LogP) is 8.06. The van der Waals surface area contributed by atoms with E-state index in [4.69, 9.17) is 37.9 Å². The van der Waals surface area contributed by atoms with Gasteiger partial charge in [-0.3, -0.25) is 0 Å². The molecule has 1 heterocycles. The van der Waals surface area contributed by atoms with Gasteiger partial charge in [0.1, 0.15) is 28.9 Å². The zero-order valence-corrected chi connectivity index (χ0v) is 21.2. The maximum atomic E-state index is 9.13. The minimum atomic E-state index is 0.372. The van der Waals surface area contributed by atoms with E-state index in [9.17, 15) is 0 Å². The van der Waals surface area contributed by atoms with Crippen LogP contribution in [0.4, 0.5) is 0 Å². The molecule has 0 fully saturated rings. The quantitative estimate of drug-likeness (QED) is 0.307. The summed E-state index contributed by atoms with van der Waals surface area (Å²) < 4.78 is 11.8. The molecule has 0 atom stereocenters. The lowest BCUT2D eigenvalue weighted by Gasteiger charge is -2.13. The number of hydrogen-bond donors (Lipinski definition) is 0. The van der Waals surface area contributed by atoms with Gasteiger partial charge in [0.25, 0.3) is 0 Å². The highest BCUT2D eigenvalue weighted by atomic mass is 35.5. The fourth-order valence-electron chi connectivity index (χ4n) is 2.53. The fourth-order valence-corrected chi connectivity index (χ4v) is 3.80. The number of hydrogen-bond acceptors (Lipinski definition) is 5. The Bertz CT molecular complexity index is 1090. The van der Waals surface area contributed by atoms with Crippen LogP contribution < -0.4 is 9.47 Å². The third-order valence-corrected chi connectivity index (χ3v) is 5.56. The normalized spacial score (nSPS) is 15.6. The van der Waals surface area contributed by atoms with Gasteiger partial charge in [-0.2, -0.15) is 5.26 Å². The van der Waals surface area contributed by atoms with E-state index < -0.39 is 0 Å². The molecular weight excluding hydrogens is 475 g/mol. The Kier molecular flexibility index (Phi) is 12.7. The molecule has 33 heavy (non-hydrogen) atoms. The van der Waals surface area contributed by atoms with Gasteiger partial charge in [-0.1, -0.05) is 35.4 Å². The molecule has 1 aromatic carbocycles. The van der Waals surface area contributed by atoms with Crippen molar-refractivity contribution in [2.75, 3.05) is 0 Å². The largest absolute Gasteiger partial charge is 0.486 e. The third kappa shape index (κ3) is 10.0. The summed E-state index contributed by atoms with van der Waals surface area (Å²) in [6.45, 7) is 9.64. The molecule has 3 rings (SSSR count). The summed E-state index contributed by atoms with van der Waals surface area (Å²) in [5, 5.41) is 11.1. The highest BCUT2D eigenvalue weighted by Gasteiger charge is 2.09. The van der Waals surface area contributed by atoms with Gasteiger partial charge in [0, 0.05) is 39.4 Å². The number of rotatable bonds is 5. The Balaban J connectivity index is 0.00000101. The molecule has 0 saturated carbocycles. The monoisotopic (exact) mass is 500 g/mol. The molecule has 7 heteroatoms. The zero-order valence-electron chi connectivity index (χ0n) is 18.9. The number of benzene rings is 1. The Morgan fingerprint density at radius 1 is 1.18 bits per heavy atom. The van der Waals surface area contributed by atoms with E-state index in [0.717, 1.165) is 10.7 Å². The van der Waals surface area contributed by atoms with Gasteiger partial charge in [-0.05, 0) is 45.1 Å². The molecule has 0 bridgehead atoms. The average Bonchev–Trinajstić information content (AvgIpc) is 3.10. The van der Waals surface area contributed by atoms with Crippen LogP contribution in [-0.2, 0) is 6.61 Å². The molecule has 1 aliphatic rings. The summed E-state index contributed by atoms with van der Waals surface area (Å²) in [7, 11) is 0. The molecule has 2 aromatic rings. The van der Waals surface area contributed by atoms with Gasteiger partial charge in [0.15, 0.2) is 0 Å². The standard InChI is InChI=1S/C21H18Cl2N2O2S.C3H6.C2H2/c1-13-14(2)28-21(25-13)12-26-19-8-17(23)9-20(10-19)27-18-5-3-15(11-24)7-16(22)4-6-18;1-3-2;1-2/h4-5,7-10H,3,6,12H2,1-2H3;3H,1H2,2H3;1-2H/b15-7+,16-4?,18-5+;;. The van der Waals surface area contributed by atoms with Crippen LogP contribution in [0.2, 0.25) is 5.02 Å². The first-order valence-corrected chi connectivity index (χ1v) is 11.5. The number of thiazole rings is 1. The van der Waals surface area contributed by atoms with Gasteiger partial charge >= 0.3 is 0 Å². The minimum absolute atomic E-state index is 0.372. The smallest absolute Gasteiger partial charge is 0.140 e.